The highest BCUT2D eigenvalue weighted by molar-refractivity contribution is 7.89. The highest BCUT2D eigenvalue weighted by Gasteiger charge is 2.15. The predicted octanol–water partition coefficient (Wildman–Crippen LogP) is 4.50. The van der Waals surface area contributed by atoms with Crippen LogP contribution in [-0.4, -0.2) is 44.5 Å². The Bertz CT molecular complexity index is 1520. The molecule has 0 radical (unpaired) electrons. The van der Waals surface area contributed by atoms with Gasteiger partial charge in [0.05, 0.1) is 17.1 Å². The predicted molar refractivity (Wildman–Crippen MR) is 156 cm³/mol. The van der Waals surface area contributed by atoms with Crippen LogP contribution in [0.5, 0.6) is 0 Å². The lowest BCUT2D eigenvalue weighted by Crippen LogP contribution is -2.36. The molecule has 0 saturated heterocycles. The van der Waals surface area contributed by atoms with Gasteiger partial charge in [-0.15, -0.1) is 0 Å². The number of hydrogen-bond acceptors (Lipinski definition) is 6. The van der Waals surface area contributed by atoms with Gasteiger partial charge in [-0.25, -0.2) is 30.7 Å². The van der Waals surface area contributed by atoms with E-state index in [0.29, 0.717) is 62.6 Å². The number of nitrogens with one attached hydrogen (secondary N) is 3. The largest absolute Gasteiger partial charge is 0.311 e. The molecule has 7 nitrogen and oxygen atoms in total. The normalized spacial score (nSPS) is 11.7. The topological polar surface area (TPSA) is 86.4 Å². The maximum Gasteiger partial charge on any atom is 0.240 e. The van der Waals surface area contributed by atoms with Gasteiger partial charge in [0.2, 0.25) is 10.0 Å². The van der Waals surface area contributed by atoms with Gasteiger partial charge in [0.15, 0.2) is 23.3 Å². The molecule has 12 heteroatoms. The van der Waals surface area contributed by atoms with E-state index in [9.17, 15) is 26.0 Å². The van der Waals surface area contributed by atoms with Crippen molar-refractivity contribution in [1.82, 2.24) is 25.2 Å². The summed E-state index contributed by atoms with van der Waals surface area (Å²) in [7, 11) is -3.73. The van der Waals surface area contributed by atoms with Crippen LogP contribution in [0.2, 0.25) is 0 Å². The molecular weight excluding hydrogens is 582 g/mol. The molecule has 0 aliphatic carbocycles. The average molecular weight is 616 g/mol. The van der Waals surface area contributed by atoms with Gasteiger partial charge < -0.3 is 10.6 Å². The van der Waals surface area contributed by atoms with Gasteiger partial charge in [0.25, 0.3) is 0 Å². The number of nitrogens with zero attached hydrogens (tertiary/aromatic N) is 2. The summed E-state index contributed by atoms with van der Waals surface area (Å²) in [6, 6.07) is 19.4. The Balaban J connectivity index is 1.33. The number of benzene rings is 3. The zero-order chi connectivity index (χ0) is 30.7. The molecule has 0 amide bonds. The van der Waals surface area contributed by atoms with Crippen molar-refractivity contribution in [1.29, 1.82) is 0 Å². The molecule has 0 unspecified atom stereocenters. The van der Waals surface area contributed by atoms with Crippen molar-refractivity contribution in [2.45, 2.75) is 31.1 Å². The van der Waals surface area contributed by atoms with Crippen molar-refractivity contribution in [2.24, 2.45) is 0 Å². The van der Waals surface area contributed by atoms with Crippen LogP contribution < -0.4 is 15.4 Å². The second-order valence-corrected chi connectivity index (χ2v) is 11.7. The van der Waals surface area contributed by atoms with Gasteiger partial charge in [-0.3, -0.25) is 9.88 Å². The average Bonchev–Trinajstić information content (AvgIpc) is 3.00. The van der Waals surface area contributed by atoms with Crippen LogP contribution in [0.15, 0.2) is 90.0 Å². The summed E-state index contributed by atoms with van der Waals surface area (Å²) in [5.74, 6) is -3.59. The van der Waals surface area contributed by atoms with E-state index in [1.54, 1.807) is 48.7 Å². The van der Waals surface area contributed by atoms with Crippen molar-refractivity contribution < 1.29 is 26.0 Å². The van der Waals surface area contributed by atoms with Crippen LogP contribution in [0, 0.1) is 23.3 Å². The monoisotopic (exact) mass is 615 g/mol. The van der Waals surface area contributed by atoms with E-state index in [1.807, 2.05) is 0 Å². The molecule has 0 spiro atoms. The maximum atomic E-state index is 13.5. The van der Waals surface area contributed by atoms with Crippen LogP contribution in [0.3, 0.4) is 0 Å². The third-order valence-electron chi connectivity index (χ3n) is 6.65. The molecule has 0 fully saturated rings. The fraction of sp³-hybridized carbons (Fsp3) is 0.258. The zero-order valence-electron chi connectivity index (χ0n) is 23.4. The van der Waals surface area contributed by atoms with E-state index in [2.05, 4.69) is 25.2 Å². The smallest absolute Gasteiger partial charge is 0.240 e. The summed E-state index contributed by atoms with van der Waals surface area (Å²) in [5, 5.41) is 6.46. The third-order valence-corrected chi connectivity index (χ3v) is 8.06. The second kappa shape index (κ2) is 15.7. The Morgan fingerprint density at radius 2 is 1.21 bits per heavy atom. The van der Waals surface area contributed by atoms with E-state index in [4.69, 9.17) is 0 Å². The number of sulfonamides is 1. The lowest BCUT2D eigenvalue weighted by Gasteiger charge is -2.23. The Kier molecular flexibility index (Phi) is 11.8. The SMILES string of the molecule is O=S(=O)(NCc1ccccn1)c1ccc(CN(CCNCc2ccc(F)c(F)c2)CCNCc2ccc(F)c(F)c2)cc1. The number of halogens is 4. The van der Waals surface area contributed by atoms with Crippen molar-refractivity contribution in [2.75, 3.05) is 26.2 Å². The van der Waals surface area contributed by atoms with E-state index >= 15 is 0 Å². The van der Waals surface area contributed by atoms with Gasteiger partial charge >= 0.3 is 0 Å². The van der Waals surface area contributed by atoms with Crippen LogP contribution in [-0.2, 0) is 36.2 Å². The Morgan fingerprint density at radius 1 is 0.651 bits per heavy atom. The summed E-state index contributed by atoms with van der Waals surface area (Å²) >= 11 is 0. The van der Waals surface area contributed by atoms with E-state index in [-0.39, 0.29) is 11.4 Å². The fourth-order valence-corrected chi connectivity index (χ4v) is 5.30. The van der Waals surface area contributed by atoms with E-state index < -0.39 is 33.3 Å². The first-order valence-corrected chi connectivity index (χ1v) is 15.2. The van der Waals surface area contributed by atoms with Gasteiger partial charge in [0.1, 0.15) is 0 Å². The molecule has 228 valence electrons. The van der Waals surface area contributed by atoms with Crippen molar-refractivity contribution >= 4 is 10.0 Å². The second-order valence-electron chi connectivity index (χ2n) is 9.92. The summed E-state index contributed by atoms with van der Waals surface area (Å²) in [6.07, 6.45) is 1.60. The van der Waals surface area contributed by atoms with Gasteiger partial charge in [-0.05, 0) is 65.2 Å². The molecule has 0 aliphatic heterocycles. The van der Waals surface area contributed by atoms with Crippen LogP contribution in [0.4, 0.5) is 17.6 Å². The van der Waals surface area contributed by atoms with Crippen LogP contribution in [0.1, 0.15) is 22.4 Å². The molecular formula is C31H33F4N5O2S. The third kappa shape index (κ3) is 10.2. The number of hydrogen-bond donors (Lipinski definition) is 3. The van der Waals surface area contributed by atoms with Gasteiger partial charge in [-0.1, -0.05) is 30.3 Å². The van der Waals surface area contributed by atoms with E-state index in [0.717, 1.165) is 29.8 Å². The highest BCUT2D eigenvalue weighted by Crippen LogP contribution is 2.14. The molecule has 0 aliphatic rings. The molecule has 1 aromatic heterocycles. The minimum Gasteiger partial charge on any atom is -0.311 e. The summed E-state index contributed by atoms with van der Waals surface area (Å²) in [4.78, 5) is 6.40. The van der Waals surface area contributed by atoms with Crippen LogP contribution >= 0.6 is 0 Å². The molecule has 0 bridgehead atoms. The van der Waals surface area contributed by atoms with Crippen molar-refractivity contribution in [3.8, 4) is 0 Å². The number of rotatable bonds is 16. The lowest BCUT2D eigenvalue weighted by atomic mass is 10.2. The molecule has 0 saturated carbocycles. The standard InChI is InChI=1S/C31H33F4N5O2S/c32-28-10-6-24(17-30(28)34)19-36-13-15-40(16-14-37-20-25-7-11-29(33)31(35)18-25)22-23-4-8-27(9-5-23)43(41,42)39-21-26-3-1-2-12-38-26/h1-12,17-18,36-37,39H,13-16,19-22H2. The molecule has 4 aromatic rings. The quantitative estimate of drug-likeness (QED) is 0.127. The minimum absolute atomic E-state index is 0.0772. The number of pyridine rings is 1. The van der Waals surface area contributed by atoms with E-state index in [1.165, 1.54) is 12.1 Å². The molecule has 0 atom stereocenters. The molecule has 1 heterocycles. The Labute approximate surface area is 249 Å². The Hall–Kier alpha value is -3.68. The first-order valence-electron chi connectivity index (χ1n) is 13.7. The summed E-state index contributed by atoms with van der Waals surface area (Å²) < 4.78 is 81.5. The summed E-state index contributed by atoms with van der Waals surface area (Å²) in [5.41, 5.74) is 2.73. The fourth-order valence-electron chi connectivity index (χ4n) is 4.30. The highest BCUT2D eigenvalue weighted by atomic mass is 32.2. The summed E-state index contributed by atoms with van der Waals surface area (Å²) in [6.45, 7) is 3.60. The first kappa shape index (κ1) is 32.2. The zero-order valence-corrected chi connectivity index (χ0v) is 24.2. The van der Waals surface area contributed by atoms with Crippen molar-refractivity contribution in [3.05, 3.63) is 131 Å². The number of aromatic nitrogens is 1. The first-order chi connectivity index (χ1) is 20.7. The Morgan fingerprint density at radius 3 is 1.72 bits per heavy atom. The molecule has 43 heavy (non-hydrogen) atoms. The van der Waals surface area contributed by atoms with Crippen molar-refractivity contribution in [3.63, 3.8) is 0 Å². The molecule has 3 N–H and O–H groups in total. The minimum atomic E-state index is -3.73. The molecule has 3 aromatic carbocycles. The van der Waals surface area contributed by atoms with Crippen LogP contribution in [0.25, 0.3) is 0 Å². The maximum absolute atomic E-state index is 13.5. The van der Waals surface area contributed by atoms with Gasteiger partial charge in [0, 0.05) is 52.0 Å². The molecule has 4 rings (SSSR count). The lowest BCUT2D eigenvalue weighted by molar-refractivity contribution is 0.264. The van der Waals surface area contributed by atoms with Gasteiger partial charge in [-0.2, -0.15) is 0 Å².